The standard InChI is InChI=1S/C14H20N4O6/c1-4-5-6-7(11(15)19)16-17-18(6)12-9-8(10(22-12)13(20)21)23-14(2,3)24-9/h8-10,12H,4-5H2,1-3H3,(H2,15,19)(H,20,21)/t8-,9+,10?,12+/m0/s1. The normalized spacial score (nSPS) is 31.1. The molecule has 2 saturated heterocycles. The third kappa shape index (κ3) is 2.66. The Bertz CT molecular complexity index is 672. The highest BCUT2D eigenvalue weighted by atomic mass is 16.8. The number of ether oxygens (including phenoxy) is 3. The predicted molar refractivity (Wildman–Crippen MR) is 77.9 cm³/mol. The maximum Gasteiger partial charge on any atom is 0.335 e. The minimum Gasteiger partial charge on any atom is -0.479 e. The molecule has 2 aliphatic rings. The van der Waals surface area contributed by atoms with E-state index in [0.717, 1.165) is 6.42 Å². The van der Waals surface area contributed by atoms with Crippen LogP contribution < -0.4 is 5.73 Å². The van der Waals surface area contributed by atoms with Crippen molar-refractivity contribution in [2.45, 2.75) is 63.9 Å². The number of carbonyl (C=O) groups excluding carboxylic acids is 1. The Labute approximate surface area is 137 Å². The summed E-state index contributed by atoms with van der Waals surface area (Å²) in [7, 11) is 0. The van der Waals surface area contributed by atoms with Gasteiger partial charge in [0.15, 0.2) is 23.8 Å². The van der Waals surface area contributed by atoms with Crippen LogP contribution >= 0.6 is 0 Å². The van der Waals surface area contributed by atoms with Crippen molar-refractivity contribution in [3.8, 4) is 0 Å². The molecule has 1 aromatic heterocycles. The Morgan fingerprint density at radius 2 is 2.00 bits per heavy atom. The van der Waals surface area contributed by atoms with Crippen LogP contribution in [-0.2, 0) is 25.4 Å². The van der Waals surface area contributed by atoms with Crippen molar-refractivity contribution in [1.29, 1.82) is 0 Å². The average Bonchev–Trinajstić information content (AvgIpc) is 3.09. The fourth-order valence-electron chi connectivity index (χ4n) is 3.15. The molecule has 10 heteroatoms. The van der Waals surface area contributed by atoms with Gasteiger partial charge in [-0.1, -0.05) is 18.6 Å². The number of aromatic nitrogens is 3. The number of aliphatic carboxylic acids is 1. The maximum absolute atomic E-state index is 11.5. The largest absolute Gasteiger partial charge is 0.479 e. The topological polar surface area (TPSA) is 139 Å². The smallest absolute Gasteiger partial charge is 0.335 e. The highest BCUT2D eigenvalue weighted by Gasteiger charge is 2.59. The molecule has 0 aromatic carbocycles. The summed E-state index contributed by atoms with van der Waals surface area (Å²) in [5, 5.41) is 17.1. The summed E-state index contributed by atoms with van der Waals surface area (Å²) >= 11 is 0. The van der Waals surface area contributed by atoms with E-state index in [2.05, 4.69) is 10.3 Å². The lowest BCUT2D eigenvalue weighted by Gasteiger charge is -2.23. The van der Waals surface area contributed by atoms with Gasteiger partial charge in [-0.25, -0.2) is 9.48 Å². The molecule has 3 N–H and O–H groups in total. The van der Waals surface area contributed by atoms with Gasteiger partial charge in [0.25, 0.3) is 5.91 Å². The maximum atomic E-state index is 11.5. The van der Waals surface area contributed by atoms with Gasteiger partial charge in [-0.3, -0.25) is 4.79 Å². The monoisotopic (exact) mass is 340 g/mol. The second kappa shape index (κ2) is 5.80. The van der Waals surface area contributed by atoms with Gasteiger partial charge in [-0.05, 0) is 20.3 Å². The zero-order chi connectivity index (χ0) is 17.6. The van der Waals surface area contributed by atoms with E-state index >= 15 is 0 Å². The number of carboxylic acid groups (broad SMARTS) is 1. The lowest BCUT2D eigenvalue weighted by atomic mass is 10.1. The summed E-state index contributed by atoms with van der Waals surface area (Å²) in [5.41, 5.74) is 5.88. The number of hydrogen-bond acceptors (Lipinski definition) is 7. The first-order valence-corrected chi connectivity index (χ1v) is 7.73. The number of amides is 1. The zero-order valence-corrected chi connectivity index (χ0v) is 13.6. The number of rotatable bonds is 5. The van der Waals surface area contributed by atoms with E-state index in [1.165, 1.54) is 4.68 Å². The molecule has 0 saturated carbocycles. The van der Waals surface area contributed by atoms with Gasteiger partial charge in [0, 0.05) is 0 Å². The van der Waals surface area contributed by atoms with Crippen molar-refractivity contribution in [1.82, 2.24) is 15.0 Å². The average molecular weight is 340 g/mol. The van der Waals surface area contributed by atoms with Gasteiger partial charge in [0.1, 0.15) is 12.2 Å². The van der Waals surface area contributed by atoms with Gasteiger partial charge in [0.05, 0.1) is 5.69 Å². The zero-order valence-electron chi connectivity index (χ0n) is 13.6. The molecule has 1 unspecified atom stereocenters. The quantitative estimate of drug-likeness (QED) is 0.753. The van der Waals surface area contributed by atoms with Crippen molar-refractivity contribution in [3.05, 3.63) is 11.4 Å². The fourth-order valence-corrected chi connectivity index (χ4v) is 3.15. The number of carboxylic acids is 1. The van der Waals surface area contributed by atoms with E-state index in [1.807, 2.05) is 6.92 Å². The van der Waals surface area contributed by atoms with Crippen molar-refractivity contribution >= 4 is 11.9 Å². The van der Waals surface area contributed by atoms with Gasteiger partial charge in [-0.15, -0.1) is 5.10 Å². The molecular weight excluding hydrogens is 320 g/mol. The molecule has 0 radical (unpaired) electrons. The Kier molecular flexibility index (Phi) is 4.06. The molecule has 10 nitrogen and oxygen atoms in total. The Morgan fingerprint density at radius 3 is 2.58 bits per heavy atom. The molecule has 0 bridgehead atoms. The Balaban J connectivity index is 2.00. The van der Waals surface area contributed by atoms with Crippen LogP contribution in [0.5, 0.6) is 0 Å². The van der Waals surface area contributed by atoms with Crippen LogP contribution in [-0.4, -0.2) is 56.1 Å². The molecule has 132 valence electrons. The molecule has 1 amide bonds. The number of nitrogens with zero attached hydrogens (tertiary/aromatic N) is 3. The van der Waals surface area contributed by atoms with Gasteiger partial charge in [0.2, 0.25) is 0 Å². The van der Waals surface area contributed by atoms with Gasteiger partial charge >= 0.3 is 5.97 Å². The molecule has 2 aliphatic heterocycles. The van der Waals surface area contributed by atoms with Crippen LogP contribution in [0.3, 0.4) is 0 Å². The first-order chi connectivity index (χ1) is 11.2. The minimum atomic E-state index is -1.20. The lowest BCUT2D eigenvalue weighted by Crippen LogP contribution is -2.35. The van der Waals surface area contributed by atoms with Crippen LogP contribution in [0.25, 0.3) is 0 Å². The SMILES string of the molecule is CCCc1c(C(N)=O)nnn1[C@@H]1OC(C(=O)O)[C@H]2OC(C)(C)O[C@H]21. The van der Waals surface area contributed by atoms with Crippen molar-refractivity contribution in [3.63, 3.8) is 0 Å². The molecule has 4 atom stereocenters. The number of primary amides is 1. The third-order valence-electron chi connectivity index (χ3n) is 4.02. The number of carbonyl (C=O) groups is 2. The first-order valence-electron chi connectivity index (χ1n) is 7.73. The summed E-state index contributed by atoms with van der Waals surface area (Å²) in [6.45, 7) is 5.33. The lowest BCUT2D eigenvalue weighted by molar-refractivity contribution is -0.204. The van der Waals surface area contributed by atoms with Crippen LogP contribution in [0.1, 0.15) is 49.6 Å². The molecule has 0 aliphatic carbocycles. The first kappa shape index (κ1) is 16.8. The third-order valence-corrected chi connectivity index (χ3v) is 4.02. The predicted octanol–water partition coefficient (Wildman–Crippen LogP) is -0.168. The molecule has 3 heterocycles. The van der Waals surface area contributed by atoms with Crippen LogP contribution in [0, 0.1) is 0 Å². The van der Waals surface area contributed by atoms with E-state index in [4.69, 9.17) is 19.9 Å². The minimum absolute atomic E-state index is 0.0500. The summed E-state index contributed by atoms with van der Waals surface area (Å²) in [4.78, 5) is 23.0. The molecule has 1 aromatic rings. The summed E-state index contributed by atoms with van der Waals surface area (Å²) in [6.07, 6.45) is -2.31. The second-order valence-electron chi connectivity index (χ2n) is 6.29. The van der Waals surface area contributed by atoms with Gasteiger partial charge in [-0.2, -0.15) is 0 Å². The fraction of sp³-hybridized carbons (Fsp3) is 0.714. The number of hydrogen-bond donors (Lipinski definition) is 2. The Morgan fingerprint density at radius 1 is 1.33 bits per heavy atom. The highest BCUT2D eigenvalue weighted by molar-refractivity contribution is 5.91. The van der Waals surface area contributed by atoms with E-state index in [0.29, 0.717) is 12.1 Å². The molecule has 3 rings (SSSR count). The van der Waals surface area contributed by atoms with E-state index < -0.39 is 42.2 Å². The molecule has 2 fully saturated rings. The number of fused-ring (bicyclic) bond motifs is 1. The van der Waals surface area contributed by atoms with Crippen molar-refractivity contribution in [2.75, 3.05) is 0 Å². The van der Waals surface area contributed by atoms with Gasteiger partial charge < -0.3 is 25.1 Å². The van der Waals surface area contributed by atoms with Crippen molar-refractivity contribution in [2.24, 2.45) is 5.73 Å². The van der Waals surface area contributed by atoms with E-state index in [1.54, 1.807) is 13.8 Å². The molecule has 0 spiro atoms. The number of nitrogens with two attached hydrogens (primary N) is 1. The highest BCUT2D eigenvalue weighted by Crippen LogP contribution is 2.43. The van der Waals surface area contributed by atoms with Crippen LogP contribution in [0.15, 0.2) is 0 Å². The molecule has 24 heavy (non-hydrogen) atoms. The van der Waals surface area contributed by atoms with Crippen molar-refractivity contribution < 1.29 is 28.9 Å². The summed E-state index contributed by atoms with van der Waals surface area (Å²) < 4.78 is 18.5. The van der Waals surface area contributed by atoms with E-state index in [9.17, 15) is 14.7 Å². The summed E-state index contributed by atoms with van der Waals surface area (Å²) in [6, 6.07) is 0. The molecular formula is C14H20N4O6. The van der Waals surface area contributed by atoms with E-state index in [-0.39, 0.29) is 5.69 Å². The second-order valence-corrected chi connectivity index (χ2v) is 6.29. The summed E-state index contributed by atoms with van der Waals surface area (Å²) in [5.74, 6) is -2.79. The van der Waals surface area contributed by atoms with Crippen LogP contribution in [0.4, 0.5) is 0 Å². The van der Waals surface area contributed by atoms with Crippen LogP contribution in [0.2, 0.25) is 0 Å². The Hall–Kier alpha value is -2.04.